The maximum absolute atomic E-state index is 10.8. The Hall–Kier alpha value is -1.92. The van der Waals surface area contributed by atoms with Crippen LogP contribution < -0.4 is 0 Å². The standard InChI is InChI=1S/C13H10ClN3O2S/c14-13-4-2-10(17(18)19)7-16(13)6-9-1-3-11-12(5-9)20-8-15-11/h1-5,8H,6-7H2. The van der Waals surface area contributed by atoms with Gasteiger partial charge in [-0.25, -0.2) is 4.98 Å². The number of thiazole rings is 1. The van der Waals surface area contributed by atoms with E-state index in [-0.39, 0.29) is 17.2 Å². The molecule has 1 aromatic heterocycles. The Morgan fingerprint density at radius 3 is 3.10 bits per heavy atom. The topological polar surface area (TPSA) is 59.3 Å². The molecule has 0 spiro atoms. The van der Waals surface area contributed by atoms with Crippen LogP contribution in [0.15, 0.2) is 46.7 Å². The first-order valence-corrected chi connectivity index (χ1v) is 7.17. The number of rotatable bonds is 3. The van der Waals surface area contributed by atoms with Crippen LogP contribution in [0.1, 0.15) is 5.56 Å². The van der Waals surface area contributed by atoms with Gasteiger partial charge in [-0.15, -0.1) is 11.3 Å². The number of aromatic nitrogens is 1. The van der Waals surface area contributed by atoms with E-state index in [9.17, 15) is 10.1 Å². The highest BCUT2D eigenvalue weighted by Crippen LogP contribution is 2.24. The molecule has 1 aliphatic heterocycles. The monoisotopic (exact) mass is 307 g/mol. The fraction of sp³-hybridized carbons (Fsp3) is 0.154. The highest BCUT2D eigenvalue weighted by Gasteiger charge is 2.21. The first kappa shape index (κ1) is 13.1. The fourth-order valence-electron chi connectivity index (χ4n) is 2.06. The van der Waals surface area contributed by atoms with E-state index in [1.54, 1.807) is 27.8 Å². The lowest BCUT2D eigenvalue weighted by Gasteiger charge is -2.24. The van der Waals surface area contributed by atoms with E-state index >= 15 is 0 Å². The van der Waals surface area contributed by atoms with Crippen LogP contribution in [-0.4, -0.2) is 21.4 Å². The molecule has 1 aliphatic rings. The molecular weight excluding hydrogens is 298 g/mol. The zero-order valence-electron chi connectivity index (χ0n) is 10.3. The average molecular weight is 308 g/mol. The van der Waals surface area contributed by atoms with E-state index < -0.39 is 0 Å². The molecule has 0 atom stereocenters. The Balaban J connectivity index is 1.82. The zero-order chi connectivity index (χ0) is 14.1. The van der Waals surface area contributed by atoms with Crippen LogP contribution in [0.25, 0.3) is 10.2 Å². The Morgan fingerprint density at radius 1 is 1.45 bits per heavy atom. The van der Waals surface area contributed by atoms with Crippen LogP contribution in [0.2, 0.25) is 0 Å². The third-order valence-corrected chi connectivity index (χ3v) is 4.23. The summed E-state index contributed by atoms with van der Waals surface area (Å²) in [6.45, 7) is 0.747. The quantitative estimate of drug-likeness (QED) is 0.495. The summed E-state index contributed by atoms with van der Waals surface area (Å²) in [5.41, 5.74) is 3.96. The summed E-state index contributed by atoms with van der Waals surface area (Å²) in [5.74, 6) is 0. The van der Waals surface area contributed by atoms with E-state index in [1.807, 2.05) is 18.2 Å². The molecule has 7 heteroatoms. The molecule has 2 aromatic rings. The van der Waals surface area contributed by atoms with Crippen molar-refractivity contribution in [2.45, 2.75) is 6.54 Å². The first-order chi connectivity index (χ1) is 9.63. The third kappa shape index (κ3) is 2.52. The van der Waals surface area contributed by atoms with Gasteiger partial charge in [0.2, 0.25) is 0 Å². The molecule has 5 nitrogen and oxygen atoms in total. The molecule has 0 saturated heterocycles. The van der Waals surface area contributed by atoms with Crippen molar-refractivity contribution in [2.24, 2.45) is 0 Å². The van der Waals surface area contributed by atoms with Crippen molar-refractivity contribution in [3.8, 4) is 0 Å². The molecule has 3 rings (SSSR count). The minimum Gasteiger partial charge on any atom is -0.347 e. The van der Waals surface area contributed by atoms with Crippen LogP contribution in [0.3, 0.4) is 0 Å². The number of nitrogens with zero attached hydrogens (tertiary/aromatic N) is 3. The summed E-state index contributed by atoms with van der Waals surface area (Å²) < 4.78 is 1.10. The molecule has 0 aliphatic carbocycles. The number of allylic oxidation sites excluding steroid dienone is 2. The van der Waals surface area contributed by atoms with Gasteiger partial charge < -0.3 is 4.90 Å². The van der Waals surface area contributed by atoms with E-state index in [2.05, 4.69) is 4.98 Å². The second-order valence-corrected chi connectivity index (χ2v) is 5.69. The van der Waals surface area contributed by atoms with Gasteiger partial charge in [-0.05, 0) is 23.8 Å². The fourth-order valence-corrected chi connectivity index (χ4v) is 2.99. The predicted molar refractivity (Wildman–Crippen MR) is 79.0 cm³/mol. The van der Waals surface area contributed by atoms with Crippen molar-refractivity contribution < 1.29 is 4.92 Å². The maximum atomic E-state index is 10.8. The Bertz CT molecular complexity index is 738. The lowest BCUT2D eigenvalue weighted by Crippen LogP contribution is -2.27. The molecule has 0 unspecified atom stereocenters. The van der Waals surface area contributed by atoms with Crippen molar-refractivity contribution in [1.82, 2.24) is 9.88 Å². The largest absolute Gasteiger partial charge is 0.347 e. The van der Waals surface area contributed by atoms with E-state index in [1.165, 1.54) is 6.08 Å². The molecule has 0 saturated carbocycles. The molecule has 102 valence electrons. The van der Waals surface area contributed by atoms with Crippen molar-refractivity contribution in [2.75, 3.05) is 6.54 Å². The lowest BCUT2D eigenvalue weighted by molar-refractivity contribution is -0.428. The molecule has 0 bridgehead atoms. The van der Waals surface area contributed by atoms with Crippen molar-refractivity contribution in [1.29, 1.82) is 0 Å². The van der Waals surface area contributed by atoms with Gasteiger partial charge in [-0.3, -0.25) is 10.1 Å². The summed E-state index contributed by atoms with van der Waals surface area (Å²) in [4.78, 5) is 16.5. The van der Waals surface area contributed by atoms with Crippen molar-refractivity contribution in [3.63, 3.8) is 0 Å². The van der Waals surface area contributed by atoms with Crippen LogP contribution in [0.4, 0.5) is 0 Å². The van der Waals surface area contributed by atoms with Gasteiger partial charge in [-0.2, -0.15) is 0 Å². The van der Waals surface area contributed by atoms with Gasteiger partial charge >= 0.3 is 0 Å². The summed E-state index contributed by atoms with van der Waals surface area (Å²) in [5, 5.41) is 11.3. The minimum absolute atomic E-state index is 0.147. The Kier molecular flexibility index (Phi) is 3.42. The SMILES string of the molecule is O=[N+]([O-])C1=CC=C(Cl)N(Cc2ccc3ncsc3c2)C1. The predicted octanol–water partition coefficient (Wildman–Crippen LogP) is 3.35. The second-order valence-electron chi connectivity index (χ2n) is 4.42. The molecule has 2 heterocycles. The third-order valence-electron chi connectivity index (χ3n) is 3.07. The van der Waals surface area contributed by atoms with Gasteiger partial charge in [0.15, 0.2) is 0 Å². The second kappa shape index (κ2) is 5.22. The van der Waals surface area contributed by atoms with Gasteiger partial charge in [0.05, 0.1) is 20.7 Å². The van der Waals surface area contributed by atoms with E-state index in [0.29, 0.717) is 11.7 Å². The van der Waals surface area contributed by atoms with Crippen LogP contribution in [0, 0.1) is 10.1 Å². The number of fused-ring (bicyclic) bond motifs is 1. The smallest absolute Gasteiger partial charge is 0.265 e. The number of hydrogen-bond donors (Lipinski definition) is 0. The molecular formula is C13H10ClN3O2S. The normalized spacial score (nSPS) is 15.2. The van der Waals surface area contributed by atoms with E-state index in [0.717, 1.165) is 15.8 Å². The molecule has 0 fully saturated rings. The molecule has 20 heavy (non-hydrogen) atoms. The Morgan fingerprint density at radius 2 is 2.30 bits per heavy atom. The first-order valence-electron chi connectivity index (χ1n) is 5.91. The number of benzene rings is 1. The highest BCUT2D eigenvalue weighted by molar-refractivity contribution is 7.16. The lowest BCUT2D eigenvalue weighted by atomic mass is 10.2. The van der Waals surface area contributed by atoms with Crippen molar-refractivity contribution >= 4 is 33.2 Å². The molecule has 1 aromatic carbocycles. The summed E-state index contributed by atoms with van der Waals surface area (Å²) >= 11 is 7.68. The van der Waals surface area contributed by atoms with E-state index in [4.69, 9.17) is 11.6 Å². The number of halogens is 1. The van der Waals surface area contributed by atoms with Crippen LogP contribution in [-0.2, 0) is 6.54 Å². The van der Waals surface area contributed by atoms with Crippen LogP contribution >= 0.6 is 22.9 Å². The number of hydrogen-bond acceptors (Lipinski definition) is 5. The zero-order valence-corrected chi connectivity index (χ0v) is 11.9. The average Bonchev–Trinajstić information content (AvgIpc) is 2.88. The van der Waals surface area contributed by atoms with Gasteiger partial charge in [0.25, 0.3) is 5.70 Å². The summed E-state index contributed by atoms with van der Waals surface area (Å²) in [6.07, 6.45) is 3.01. The maximum Gasteiger partial charge on any atom is 0.265 e. The van der Waals surface area contributed by atoms with Gasteiger partial charge in [0, 0.05) is 12.6 Å². The Labute approximate surface area is 123 Å². The van der Waals surface area contributed by atoms with Crippen LogP contribution in [0.5, 0.6) is 0 Å². The summed E-state index contributed by atoms with van der Waals surface area (Å²) in [7, 11) is 0. The van der Waals surface area contributed by atoms with Gasteiger partial charge in [-0.1, -0.05) is 17.7 Å². The number of nitro groups is 1. The van der Waals surface area contributed by atoms with Crippen molar-refractivity contribution in [3.05, 3.63) is 62.4 Å². The highest BCUT2D eigenvalue weighted by atomic mass is 35.5. The minimum atomic E-state index is -0.376. The molecule has 0 radical (unpaired) electrons. The van der Waals surface area contributed by atoms with Gasteiger partial charge in [0.1, 0.15) is 11.7 Å². The summed E-state index contributed by atoms with van der Waals surface area (Å²) in [6, 6.07) is 5.96. The molecule has 0 N–H and O–H groups in total. The molecule has 0 amide bonds.